The van der Waals surface area contributed by atoms with Crippen molar-refractivity contribution in [1.82, 2.24) is 10.6 Å². The fourth-order valence-corrected chi connectivity index (χ4v) is 2.74. The van der Waals surface area contributed by atoms with Crippen LogP contribution in [0, 0.1) is 0 Å². The number of hydrogen-bond acceptors (Lipinski definition) is 7. The molecule has 4 atom stereocenters. The van der Waals surface area contributed by atoms with Crippen LogP contribution in [0.15, 0.2) is 4.99 Å². The smallest absolute Gasteiger partial charge is 0.326 e. The van der Waals surface area contributed by atoms with Crippen molar-refractivity contribution in [2.24, 2.45) is 27.9 Å². The fraction of sp³-hybridized carbons (Fsp3) is 0.667. The molecule has 4 unspecified atom stereocenters. The highest BCUT2D eigenvalue weighted by Gasteiger charge is 2.28. The van der Waals surface area contributed by atoms with Gasteiger partial charge in [0.2, 0.25) is 17.7 Å². The molecule has 0 aliphatic rings. The van der Waals surface area contributed by atoms with Gasteiger partial charge in [-0.3, -0.25) is 23.6 Å². The molecule has 0 saturated carbocycles. The highest BCUT2D eigenvalue weighted by molar-refractivity contribution is 7.84. The summed E-state index contributed by atoms with van der Waals surface area (Å²) in [4.78, 5) is 50.6. The van der Waals surface area contributed by atoms with Gasteiger partial charge in [-0.2, -0.15) is 0 Å². The standard InChI is InChI=1S/C15H29N7O6S/c1-29(28)6-4-9(21-12(24)8(16)7-11(17)23)13(25)22-10(14(26)27)3-2-5-20-15(18)19/h8-10H,2-7,16H2,1H3,(H2,17,23)(H,21,24)(H,22,25)(H,26,27)(H4,18,19,20). The van der Waals surface area contributed by atoms with Gasteiger partial charge in [-0.1, -0.05) is 0 Å². The van der Waals surface area contributed by atoms with Gasteiger partial charge in [-0.15, -0.1) is 0 Å². The van der Waals surface area contributed by atoms with Gasteiger partial charge in [0.05, 0.1) is 12.5 Å². The Kier molecular flexibility index (Phi) is 12.2. The third kappa shape index (κ3) is 12.4. The first kappa shape index (κ1) is 26.3. The predicted octanol–water partition coefficient (Wildman–Crippen LogP) is -3.93. The van der Waals surface area contributed by atoms with E-state index in [1.165, 1.54) is 6.26 Å². The Bertz CT molecular complexity index is 653. The van der Waals surface area contributed by atoms with E-state index in [0.29, 0.717) is 0 Å². The zero-order valence-corrected chi connectivity index (χ0v) is 16.9. The number of carbonyl (C=O) groups is 4. The van der Waals surface area contributed by atoms with Crippen LogP contribution in [0.4, 0.5) is 0 Å². The van der Waals surface area contributed by atoms with Crippen molar-refractivity contribution >= 4 is 40.4 Å². The SMILES string of the molecule is CS(=O)CCC(NC(=O)C(N)CC(N)=O)C(=O)NC(CCCN=C(N)N)C(=O)O. The number of amides is 3. The van der Waals surface area contributed by atoms with E-state index >= 15 is 0 Å². The summed E-state index contributed by atoms with van der Waals surface area (Å²) in [6, 6.07) is -3.71. The van der Waals surface area contributed by atoms with E-state index in [-0.39, 0.29) is 37.5 Å². The molecular formula is C15H29N7O6S. The number of carboxylic acids is 1. The summed E-state index contributed by atoms with van der Waals surface area (Å²) in [7, 11) is -1.26. The first-order valence-corrected chi connectivity index (χ1v) is 10.4. The van der Waals surface area contributed by atoms with E-state index in [9.17, 15) is 28.5 Å². The van der Waals surface area contributed by atoms with E-state index in [1.54, 1.807) is 0 Å². The van der Waals surface area contributed by atoms with Crippen molar-refractivity contribution < 1.29 is 28.5 Å². The molecule has 3 amide bonds. The number of aliphatic imine (C=N–C) groups is 1. The Morgan fingerprint density at radius 1 is 1.03 bits per heavy atom. The Morgan fingerprint density at radius 2 is 1.62 bits per heavy atom. The van der Waals surface area contributed by atoms with Crippen LogP contribution in [0.2, 0.25) is 0 Å². The van der Waals surface area contributed by atoms with Crippen LogP contribution in [0.5, 0.6) is 0 Å². The zero-order valence-electron chi connectivity index (χ0n) is 16.1. The second kappa shape index (κ2) is 13.4. The molecular weight excluding hydrogens is 406 g/mol. The molecule has 11 N–H and O–H groups in total. The Hall–Kier alpha value is -2.74. The van der Waals surface area contributed by atoms with E-state index in [4.69, 9.17) is 22.9 Å². The number of nitrogens with one attached hydrogen (secondary N) is 2. The molecule has 0 aliphatic heterocycles. The molecule has 13 nitrogen and oxygen atoms in total. The minimum absolute atomic E-state index is 0.0235. The summed E-state index contributed by atoms with van der Waals surface area (Å²) in [5.41, 5.74) is 20.9. The maximum Gasteiger partial charge on any atom is 0.326 e. The van der Waals surface area contributed by atoms with Crippen molar-refractivity contribution in [2.75, 3.05) is 18.6 Å². The molecule has 0 saturated heterocycles. The van der Waals surface area contributed by atoms with Gasteiger partial charge in [0.25, 0.3) is 0 Å². The molecule has 0 aromatic heterocycles. The number of guanidine groups is 1. The van der Waals surface area contributed by atoms with Crippen molar-refractivity contribution in [3.05, 3.63) is 0 Å². The van der Waals surface area contributed by atoms with Gasteiger partial charge in [-0.25, -0.2) is 4.79 Å². The van der Waals surface area contributed by atoms with Gasteiger partial charge in [-0.05, 0) is 19.3 Å². The molecule has 0 aliphatic carbocycles. The van der Waals surface area contributed by atoms with Gasteiger partial charge >= 0.3 is 5.97 Å². The van der Waals surface area contributed by atoms with Crippen molar-refractivity contribution in [3.63, 3.8) is 0 Å². The molecule has 0 bridgehead atoms. The summed E-state index contributed by atoms with van der Waals surface area (Å²) in [6.45, 7) is 0.179. The highest BCUT2D eigenvalue weighted by Crippen LogP contribution is 2.03. The van der Waals surface area contributed by atoms with Crippen molar-refractivity contribution in [2.45, 2.75) is 43.8 Å². The first-order chi connectivity index (χ1) is 13.4. The molecule has 14 heteroatoms. The van der Waals surface area contributed by atoms with Gasteiger partial charge in [0.15, 0.2) is 5.96 Å². The minimum atomic E-state index is -1.28. The Morgan fingerprint density at radius 3 is 2.10 bits per heavy atom. The maximum absolute atomic E-state index is 12.5. The van der Waals surface area contributed by atoms with Crippen LogP contribution >= 0.6 is 0 Å². The number of carboxylic acid groups (broad SMARTS) is 1. The molecule has 0 fully saturated rings. The predicted molar refractivity (Wildman–Crippen MR) is 107 cm³/mol. The largest absolute Gasteiger partial charge is 0.480 e. The number of nitrogens with zero attached hydrogens (tertiary/aromatic N) is 1. The zero-order chi connectivity index (χ0) is 22.6. The molecule has 0 spiro atoms. The van der Waals surface area contributed by atoms with Crippen LogP contribution in [0.1, 0.15) is 25.7 Å². The lowest BCUT2D eigenvalue weighted by molar-refractivity contribution is -0.142. The Labute approximate surface area is 170 Å². The molecule has 0 aromatic rings. The monoisotopic (exact) mass is 435 g/mol. The van der Waals surface area contributed by atoms with Crippen LogP contribution in [-0.2, 0) is 30.0 Å². The summed E-state index contributed by atoms with van der Waals surface area (Å²) in [5.74, 6) is -3.74. The lowest BCUT2D eigenvalue weighted by Gasteiger charge is -2.22. The van der Waals surface area contributed by atoms with Gasteiger partial charge in [0.1, 0.15) is 12.1 Å². The summed E-state index contributed by atoms with van der Waals surface area (Å²) < 4.78 is 11.3. The average molecular weight is 436 g/mol. The molecule has 0 aromatic carbocycles. The second-order valence-electron chi connectivity index (χ2n) is 6.25. The van der Waals surface area contributed by atoms with Crippen molar-refractivity contribution in [3.8, 4) is 0 Å². The third-order valence-electron chi connectivity index (χ3n) is 3.64. The number of hydrogen-bond donors (Lipinski definition) is 7. The third-order valence-corrected chi connectivity index (χ3v) is 4.46. The number of carbonyl (C=O) groups excluding carboxylic acids is 3. The number of primary amides is 1. The van der Waals surface area contributed by atoms with Gasteiger partial charge in [0, 0.05) is 29.4 Å². The van der Waals surface area contributed by atoms with Crippen LogP contribution < -0.4 is 33.6 Å². The van der Waals surface area contributed by atoms with Crippen molar-refractivity contribution in [1.29, 1.82) is 0 Å². The summed E-state index contributed by atoms with van der Waals surface area (Å²) in [6.07, 6.45) is 1.29. The van der Waals surface area contributed by atoms with E-state index in [2.05, 4.69) is 15.6 Å². The summed E-state index contributed by atoms with van der Waals surface area (Å²) in [5, 5.41) is 13.9. The first-order valence-electron chi connectivity index (χ1n) is 8.66. The molecule has 0 radical (unpaired) electrons. The molecule has 29 heavy (non-hydrogen) atoms. The average Bonchev–Trinajstić information content (AvgIpc) is 2.59. The highest BCUT2D eigenvalue weighted by atomic mass is 32.2. The number of nitrogens with two attached hydrogens (primary N) is 4. The topological polar surface area (TPSA) is 246 Å². The lowest BCUT2D eigenvalue weighted by Crippen LogP contribution is -2.55. The molecule has 0 rings (SSSR count). The molecule has 166 valence electrons. The molecule has 0 heterocycles. The van der Waals surface area contributed by atoms with E-state index in [0.717, 1.165) is 0 Å². The summed E-state index contributed by atoms with van der Waals surface area (Å²) >= 11 is 0. The lowest BCUT2D eigenvalue weighted by atomic mass is 10.1. The van der Waals surface area contributed by atoms with E-state index in [1.807, 2.05) is 0 Å². The minimum Gasteiger partial charge on any atom is -0.480 e. The Balaban J connectivity index is 5.07. The number of rotatable bonds is 14. The van der Waals surface area contributed by atoms with Gasteiger partial charge < -0.3 is 38.7 Å². The fourth-order valence-electron chi connectivity index (χ4n) is 2.17. The van der Waals surface area contributed by atoms with Crippen LogP contribution in [-0.4, -0.2) is 75.6 Å². The maximum atomic E-state index is 12.5. The normalized spacial score (nSPS) is 14.7. The van der Waals surface area contributed by atoms with Crippen LogP contribution in [0.25, 0.3) is 0 Å². The van der Waals surface area contributed by atoms with Crippen LogP contribution in [0.3, 0.4) is 0 Å². The second-order valence-corrected chi connectivity index (χ2v) is 7.81. The number of aliphatic carboxylic acids is 1. The quantitative estimate of drug-likeness (QED) is 0.0798. The van der Waals surface area contributed by atoms with E-state index < -0.39 is 59.0 Å².